The van der Waals surface area contributed by atoms with Gasteiger partial charge in [-0.25, -0.2) is 4.98 Å². The summed E-state index contributed by atoms with van der Waals surface area (Å²) in [6.07, 6.45) is 2.49. The largest absolute Gasteiger partial charge is 0.368 e. The zero-order chi connectivity index (χ0) is 12.8. The molecule has 1 aliphatic rings. The van der Waals surface area contributed by atoms with Crippen molar-refractivity contribution in [2.75, 3.05) is 11.1 Å². The molecular weight excluding hydrogens is 260 g/mol. The van der Waals surface area contributed by atoms with Crippen molar-refractivity contribution in [2.24, 2.45) is 0 Å². The minimum absolute atomic E-state index is 0.270. The zero-order valence-corrected chi connectivity index (χ0v) is 10.9. The van der Waals surface area contributed by atoms with Crippen LogP contribution in [-0.2, 0) is 0 Å². The molecule has 0 amide bonds. The maximum Gasteiger partial charge on any atom is 0.222 e. The quantitative estimate of drug-likeness (QED) is 0.681. The number of nitrogens with zero attached hydrogens (tertiary/aromatic N) is 3. The highest BCUT2D eigenvalue weighted by molar-refractivity contribution is 7.09. The summed E-state index contributed by atoms with van der Waals surface area (Å²) < 4.78 is 0. The van der Waals surface area contributed by atoms with Crippen molar-refractivity contribution in [3.63, 3.8) is 0 Å². The molecule has 0 spiro atoms. The average molecular weight is 272 g/mol. The number of nitrogen functional groups attached to an aromatic ring is 1. The number of hydrogen-bond donors (Lipinski definition) is 3. The fraction of sp³-hybridized carbons (Fsp3) is 0.250. The molecule has 4 rings (SSSR count). The van der Waals surface area contributed by atoms with Gasteiger partial charge in [-0.2, -0.15) is 10.1 Å². The number of fused-ring (bicyclic) bond motifs is 1. The van der Waals surface area contributed by atoms with E-state index in [-0.39, 0.29) is 5.95 Å². The standard InChI is InChI=1S/C12H12N6S/c13-12-14-9-5-19-4-7(9)11(16-12)15-10-3-8(17-18-10)6-1-2-6/h3-6H,1-2H2,(H4,13,14,15,16,17,18). The van der Waals surface area contributed by atoms with Crippen LogP contribution in [0.15, 0.2) is 16.8 Å². The van der Waals surface area contributed by atoms with E-state index in [0.29, 0.717) is 11.7 Å². The fourth-order valence-electron chi connectivity index (χ4n) is 2.10. The third-order valence-electron chi connectivity index (χ3n) is 3.22. The molecule has 3 heterocycles. The van der Waals surface area contributed by atoms with Crippen LogP contribution in [0.25, 0.3) is 10.9 Å². The zero-order valence-electron chi connectivity index (χ0n) is 10.1. The lowest BCUT2D eigenvalue weighted by Gasteiger charge is -2.04. The van der Waals surface area contributed by atoms with E-state index in [2.05, 4.69) is 25.5 Å². The molecule has 3 aromatic rings. The van der Waals surface area contributed by atoms with Crippen molar-refractivity contribution >= 4 is 39.8 Å². The van der Waals surface area contributed by atoms with Gasteiger partial charge < -0.3 is 11.1 Å². The van der Waals surface area contributed by atoms with Crippen LogP contribution >= 0.6 is 11.3 Å². The number of nitrogens with two attached hydrogens (primary N) is 1. The van der Waals surface area contributed by atoms with E-state index >= 15 is 0 Å². The molecule has 1 fully saturated rings. The first kappa shape index (κ1) is 10.7. The third-order valence-corrected chi connectivity index (χ3v) is 3.95. The molecule has 1 saturated carbocycles. The van der Waals surface area contributed by atoms with Gasteiger partial charge in [-0.05, 0) is 12.8 Å². The van der Waals surface area contributed by atoms with Crippen LogP contribution < -0.4 is 11.1 Å². The summed E-state index contributed by atoms with van der Waals surface area (Å²) in [5.41, 5.74) is 7.76. The Morgan fingerprint density at radius 2 is 2.21 bits per heavy atom. The Balaban J connectivity index is 1.71. The van der Waals surface area contributed by atoms with Gasteiger partial charge in [0.1, 0.15) is 5.82 Å². The first-order valence-electron chi connectivity index (χ1n) is 6.11. The number of H-pyrrole nitrogens is 1. The monoisotopic (exact) mass is 272 g/mol. The van der Waals surface area contributed by atoms with Gasteiger partial charge in [-0.3, -0.25) is 5.10 Å². The highest BCUT2D eigenvalue weighted by Gasteiger charge is 2.25. The molecular formula is C12H12N6S. The van der Waals surface area contributed by atoms with Crippen molar-refractivity contribution in [3.8, 4) is 0 Å². The highest BCUT2D eigenvalue weighted by atomic mass is 32.1. The number of aromatic nitrogens is 4. The van der Waals surface area contributed by atoms with Crippen LogP contribution in [0, 0.1) is 0 Å². The molecule has 3 aromatic heterocycles. The Hall–Kier alpha value is -2.15. The Morgan fingerprint density at radius 1 is 1.32 bits per heavy atom. The summed E-state index contributed by atoms with van der Waals surface area (Å²) in [7, 11) is 0. The van der Waals surface area contributed by atoms with Crippen molar-refractivity contribution in [1.29, 1.82) is 0 Å². The van der Waals surface area contributed by atoms with E-state index < -0.39 is 0 Å². The van der Waals surface area contributed by atoms with Crippen LogP contribution in [0.1, 0.15) is 24.5 Å². The van der Waals surface area contributed by atoms with Crippen molar-refractivity contribution < 1.29 is 0 Å². The van der Waals surface area contributed by atoms with Crippen molar-refractivity contribution in [2.45, 2.75) is 18.8 Å². The molecule has 7 heteroatoms. The minimum atomic E-state index is 0.270. The molecule has 96 valence electrons. The summed E-state index contributed by atoms with van der Waals surface area (Å²) >= 11 is 1.58. The second-order valence-corrected chi connectivity index (χ2v) is 5.45. The van der Waals surface area contributed by atoms with E-state index in [4.69, 9.17) is 5.73 Å². The minimum Gasteiger partial charge on any atom is -0.368 e. The number of nitrogens with one attached hydrogen (secondary N) is 2. The van der Waals surface area contributed by atoms with Crippen LogP contribution in [-0.4, -0.2) is 20.2 Å². The molecule has 4 N–H and O–H groups in total. The van der Waals surface area contributed by atoms with Crippen molar-refractivity contribution in [3.05, 3.63) is 22.5 Å². The van der Waals surface area contributed by atoms with Gasteiger partial charge in [0.15, 0.2) is 5.82 Å². The van der Waals surface area contributed by atoms with Gasteiger partial charge in [-0.1, -0.05) is 0 Å². The van der Waals surface area contributed by atoms with Crippen LogP contribution in [0.2, 0.25) is 0 Å². The summed E-state index contributed by atoms with van der Waals surface area (Å²) in [6, 6.07) is 2.04. The summed E-state index contributed by atoms with van der Waals surface area (Å²) in [4.78, 5) is 8.44. The molecule has 0 unspecified atom stereocenters. The maximum atomic E-state index is 5.72. The topological polar surface area (TPSA) is 92.5 Å². The summed E-state index contributed by atoms with van der Waals surface area (Å²) in [5.74, 6) is 2.40. The summed E-state index contributed by atoms with van der Waals surface area (Å²) in [6.45, 7) is 0. The third kappa shape index (κ3) is 1.91. The van der Waals surface area contributed by atoms with Gasteiger partial charge >= 0.3 is 0 Å². The Labute approximate surface area is 113 Å². The van der Waals surface area contributed by atoms with Crippen LogP contribution in [0.3, 0.4) is 0 Å². The predicted molar refractivity (Wildman–Crippen MR) is 75.7 cm³/mol. The Morgan fingerprint density at radius 3 is 3.05 bits per heavy atom. The normalized spacial score (nSPS) is 14.9. The molecule has 0 radical (unpaired) electrons. The molecule has 0 atom stereocenters. The molecule has 0 bridgehead atoms. The molecule has 0 aliphatic heterocycles. The van der Waals surface area contributed by atoms with Crippen LogP contribution in [0.4, 0.5) is 17.6 Å². The van der Waals surface area contributed by atoms with Gasteiger partial charge in [0.25, 0.3) is 0 Å². The number of hydrogen-bond acceptors (Lipinski definition) is 6. The first-order valence-corrected chi connectivity index (χ1v) is 7.05. The van der Waals surface area contributed by atoms with E-state index in [0.717, 1.165) is 16.7 Å². The molecule has 1 aliphatic carbocycles. The van der Waals surface area contributed by atoms with E-state index in [1.807, 2.05) is 16.8 Å². The Bertz CT molecular complexity index is 742. The number of thiophene rings is 1. The molecule has 0 aromatic carbocycles. The van der Waals surface area contributed by atoms with E-state index in [1.165, 1.54) is 18.5 Å². The lowest BCUT2D eigenvalue weighted by Crippen LogP contribution is -2.00. The van der Waals surface area contributed by atoms with Crippen LogP contribution in [0.5, 0.6) is 0 Å². The van der Waals surface area contributed by atoms with Gasteiger partial charge in [0.2, 0.25) is 5.95 Å². The molecule has 0 saturated heterocycles. The number of aromatic amines is 1. The fourth-order valence-corrected chi connectivity index (χ4v) is 2.84. The van der Waals surface area contributed by atoms with E-state index in [1.54, 1.807) is 11.3 Å². The highest BCUT2D eigenvalue weighted by Crippen LogP contribution is 2.39. The smallest absolute Gasteiger partial charge is 0.222 e. The maximum absolute atomic E-state index is 5.72. The number of rotatable bonds is 3. The van der Waals surface area contributed by atoms with E-state index in [9.17, 15) is 0 Å². The van der Waals surface area contributed by atoms with Crippen molar-refractivity contribution in [1.82, 2.24) is 20.2 Å². The number of anilines is 3. The average Bonchev–Trinajstić information content (AvgIpc) is 2.95. The second-order valence-electron chi connectivity index (χ2n) is 4.71. The SMILES string of the molecule is Nc1nc(Nc2cc(C3CC3)[nH]n2)c2cscc2n1. The van der Waals surface area contributed by atoms with Gasteiger partial charge in [0.05, 0.1) is 10.9 Å². The molecule has 19 heavy (non-hydrogen) atoms. The summed E-state index contributed by atoms with van der Waals surface area (Å²) in [5, 5.41) is 15.5. The van der Waals surface area contributed by atoms with Gasteiger partial charge in [-0.15, -0.1) is 11.3 Å². The second kappa shape index (κ2) is 3.92. The first-order chi connectivity index (χ1) is 9.29. The van der Waals surface area contributed by atoms with Gasteiger partial charge in [0, 0.05) is 28.4 Å². The molecule has 6 nitrogen and oxygen atoms in total. The Kier molecular flexibility index (Phi) is 2.22. The lowest BCUT2D eigenvalue weighted by atomic mass is 10.3. The predicted octanol–water partition coefficient (Wildman–Crippen LogP) is 2.62. The lowest BCUT2D eigenvalue weighted by molar-refractivity contribution is 0.966.